The minimum atomic E-state index is 0.548. The molecule has 0 saturated heterocycles. The Morgan fingerprint density at radius 3 is 3.00 bits per heavy atom. The minimum Gasteiger partial charge on any atom is -0.367 e. The smallest absolute Gasteiger partial charge is 0.225 e. The first kappa shape index (κ1) is 12.7. The molecule has 1 aliphatic carbocycles. The largest absolute Gasteiger partial charge is 0.367 e. The summed E-state index contributed by atoms with van der Waals surface area (Å²) >= 11 is 1.66. The number of nitrogens with zero attached hydrogens (tertiary/aromatic N) is 2. The number of nitrogens with one attached hydrogen (secondary N) is 2. The van der Waals surface area contributed by atoms with Crippen LogP contribution in [0, 0.1) is 5.92 Å². The van der Waals surface area contributed by atoms with E-state index in [1.807, 2.05) is 7.05 Å². The van der Waals surface area contributed by atoms with Crippen molar-refractivity contribution < 1.29 is 0 Å². The molecule has 1 saturated carbocycles. The van der Waals surface area contributed by atoms with E-state index >= 15 is 0 Å². The summed E-state index contributed by atoms with van der Waals surface area (Å²) in [4.78, 5) is 10.1. The lowest BCUT2D eigenvalue weighted by Crippen LogP contribution is -2.26. The molecule has 1 aliphatic rings. The molecule has 2 aromatic rings. The maximum atomic E-state index is 4.58. The summed E-state index contributed by atoms with van der Waals surface area (Å²) in [6.45, 7) is 2.34. The van der Waals surface area contributed by atoms with Gasteiger partial charge in [0, 0.05) is 13.1 Å². The van der Waals surface area contributed by atoms with Gasteiger partial charge in [0.15, 0.2) is 0 Å². The maximum absolute atomic E-state index is 4.58. The highest BCUT2D eigenvalue weighted by Gasteiger charge is 2.20. The van der Waals surface area contributed by atoms with Gasteiger partial charge in [0.25, 0.3) is 0 Å². The normalized spacial score (nSPS) is 23.5. The van der Waals surface area contributed by atoms with Crippen molar-refractivity contribution in [2.24, 2.45) is 5.92 Å². The van der Waals surface area contributed by atoms with Crippen LogP contribution < -0.4 is 10.6 Å². The van der Waals surface area contributed by atoms with Crippen molar-refractivity contribution in [1.82, 2.24) is 9.97 Å². The standard InChI is InChI=1S/C14H20N4S/c1-9-4-3-5-10(8-9)16-12-11-6-7-19-13(11)18-14(15-2)17-12/h6-7,9-10H,3-5,8H2,1-2H3,(H2,15,16,17,18). The van der Waals surface area contributed by atoms with Gasteiger partial charge in [-0.25, -0.2) is 4.98 Å². The van der Waals surface area contributed by atoms with Crippen LogP contribution in [0.25, 0.3) is 10.2 Å². The van der Waals surface area contributed by atoms with E-state index in [4.69, 9.17) is 0 Å². The molecule has 1 fully saturated rings. The summed E-state index contributed by atoms with van der Waals surface area (Å²) < 4.78 is 0. The first-order valence-corrected chi connectivity index (χ1v) is 7.83. The van der Waals surface area contributed by atoms with Crippen molar-refractivity contribution >= 4 is 33.3 Å². The Bertz CT molecular complexity index is 566. The Morgan fingerprint density at radius 2 is 2.21 bits per heavy atom. The summed E-state index contributed by atoms with van der Waals surface area (Å²) in [5.74, 6) is 2.49. The van der Waals surface area contributed by atoms with Crippen molar-refractivity contribution in [3.05, 3.63) is 11.4 Å². The molecular weight excluding hydrogens is 256 g/mol. The topological polar surface area (TPSA) is 49.8 Å². The van der Waals surface area contributed by atoms with Crippen LogP contribution in [0.3, 0.4) is 0 Å². The van der Waals surface area contributed by atoms with Gasteiger partial charge in [-0.3, -0.25) is 0 Å². The molecule has 2 N–H and O–H groups in total. The lowest BCUT2D eigenvalue weighted by atomic mass is 9.87. The summed E-state index contributed by atoms with van der Waals surface area (Å²) in [6.07, 6.45) is 5.16. The van der Waals surface area contributed by atoms with E-state index in [0.717, 1.165) is 22.0 Å². The molecule has 0 spiro atoms. The molecule has 0 aromatic carbocycles. The number of fused-ring (bicyclic) bond motifs is 1. The van der Waals surface area contributed by atoms with Crippen molar-refractivity contribution in [2.75, 3.05) is 17.7 Å². The first-order valence-electron chi connectivity index (χ1n) is 6.96. The van der Waals surface area contributed by atoms with Crippen molar-refractivity contribution in [3.63, 3.8) is 0 Å². The number of aromatic nitrogens is 2. The summed E-state index contributed by atoms with van der Waals surface area (Å²) in [5.41, 5.74) is 0. The van der Waals surface area contributed by atoms with Crippen LogP contribution in [0.1, 0.15) is 32.6 Å². The zero-order valence-electron chi connectivity index (χ0n) is 11.4. The molecule has 0 amide bonds. The van der Waals surface area contributed by atoms with Crippen LogP contribution in [0.5, 0.6) is 0 Å². The van der Waals surface area contributed by atoms with Crippen LogP contribution in [0.2, 0.25) is 0 Å². The highest BCUT2D eigenvalue weighted by molar-refractivity contribution is 7.16. The second-order valence-corrected chi connectivity index (χ2v) is 6.29. The predicted octanol–water partition coefficient (Wildman–Crippen LogP) is 3.72. The molecule has 3 rings (SSSR count). The fourth-order valence-electron chi connectivity index (χ4n) is 2.84. The van der Waals surface area contributed by atoms with E-state index in [-0.39, 0.29) is 0 Å². The molecule has 102 valence electrons. The third-order valence-electron chi connectivity index (χ3n) is 3.83. The van der Waals surface area contributed by atoms with Gasteiger partial charge in [0.05, 0.1) is 5.39 Å². The summed E-state index contributed by atoms with van der Waals surface area (Å²) in [6, 6.07) is 2.65. The molecule has 0 bridgehead atoms. The van der Waals surface area contributed by atoms with Crippen LogP contribution in [-0.4, -0.2) is 23.1 Å². The highest BCUT2D eigenvalue weighted by atomic mass is 32.1. The Morgan fingerprint density at radius 1 is 1.32 bits per heavy atom. The Hall–Kier alpha value is -1.36. The summed E-state index contributed by atoms with van der Waals surface area (Å²) in [5, 5.41) is 9.89. The Kier molecular flexibility index (Phi) is 3.55. The molecule has 5 heteroatoms. The monoisotopic (exact) mass is 276 g/mol. The molecule has 2 unspecified atom stereocenters. The lowest BCUT2D eigenvalue weighted by Gasteiger charge is -2.28. The van der Waals surface area contributed by atoms with Gasteiger partial charge in [-0.2, -0.15) is 4.98 Å². The Balaban J connectivity index is 1.88. The Labute approximate surface area is 117 Å². The number of anilines is 2. The molecule has 0 radical (unpaired) electrons. The first-order chi connectivity index (χ1) is 9.26. The van der Waals surface area contributed by atoms with Crippen LogP contribution in [0.15, 0.2) is 11.4 Å². The van der Waals surface area contributed by atoms with E-state index in [2.05, 4.69) is 39.0 Å². The molecule has 19 heavy (non-hydrogen) atoms. The third kappa shape index (κ3) is 2.66. The average molecular weight is 276 g/mol. The van der Waals surface area contributed by atoms with Crippen LogP contribution >= 0.6 is 11.3 Å². The van der Waals surface area contributed by atoms with Crippen LogP contribution in [-0.2, 0) is 0 Å². The van der Waals surface area contributed by atoms with Gasteiger partial charge >= 0.3 is 0 Å². The van der Waals surface area contributed by atoms with E-state index in [9.17, 15) is 0 Å². The van der Waals surface area contributed by atoms with Crippen molar-refractivity contribution in [1.29, 1.82) is 0 Å². The lowest BCUT2D eigenvalue weighted by molar-refractivity contribution is 0.358. The second kappa shape index (κ2) is 5.33. The van der Waals surface area contributed by atoms with E-state index < -0.39 is 0 Å². The van der Waals surface area contributed by atoms with E-state index in [1.165, 1.54) is 25.7 Å². The summed E-state index contributed by atoms with van der Waals surface area (Å²) in [7, 11) is 1.86. The van der Waals surface area contributed by atoms with E-state index in [0.29, 0.717) is 12.0 Å². The quantitative estimate of drug-likeness (QED) is 0.897. The average Bonchev–Trinajstić information content (AvgIpc) is 2.87. The minimum absolute atomic E-state index is 0.548. The number of rotatable bonds is 3. The third-order valence-corrected chi connectivity index (χ3v) is 4.63. The fourth-order valence-corrected chi connectivity index (χ4v) is 3.60. The van der Waals surface area contributed by atoms with Gasteiger partial charge in [-0.05, 0) is 30.2 Å². The zero-order valence-corrected chi connectivity index (χ0v) is 12.3. The van der Waals surface area contributed by atoms with Crippen molar-refractivity contribution in [3.8, 4) is 0 Å². The van der Waals surface area contributed by atoms with Gasteiger partial charge in [-0.1, -0.05) is 19.8 Å². The molecule has 4 nitrogen and oxygen atoms in total. The molecule has 2 aromatic heterocycles. The number of hydrogen-bond donors (Lipinski definition) is 2. The zero-order chi connectivity index (χ0) is 13.2. The van der Waals surface area contributed by atoms with Gasteiger partial charge in [0.2, 0.25) is 5.95 Å². The van der Waals surface area contributed by atoms with Crippen LogP contribution in [0.4, 0.5) is 11.8 Å². The second-order valence-electron chi connectivity index (χ2n) is 5.40. The molecule has 2 atom stereocenters. The molecular formula is C14H20N4S. The van der Waals surface area contributed by atoms with Gasteiger partial charge in [-0.15, -0.1) is 11.3 Å². The number of hydrogen-bond acceptors (Lipinski definition) is 5. The van der Waals surface area contributed by atoms with Gasteiger partial charge in [0.1, 0.15) is 10.6 Å². The fraction of sp³-hybridized carbons (Fsp3) is 0.571. The maximum Gasteiger partial charge on any atom is 0.225 e. The molecule has 0 aliphatic heterocycles. The predicted molar refractivity (Wildman–Crippen MR) is 82.0 cm³/mol. The van der Waals surface area contributed by atoms with E-state index in [1.54, 1.807) is 11.3 Å². The number of thiophene rings is 1. The van der Waals surface area contributed by atoms with Gasteiger partial charge < -0.3 is 10.6 Å². The van der Waals surface area contributed by atoms with Crippen molar-refractivity contribution in [2.45, 2.75) is 38.6 Å². The molecule has 2 heterocycles. The SMILES string of the molecule is CNc1nc(NC2CCCC(C)C2)c2ccsc2n1. The highest BCUT2D eigenvalue weighted by Crippen LogP contribution is 2.30.